The van der Waals surface area contributed by atoms with Crippen LogP contribution in [0, 0.1) is 0 Å². The summed E-state index contributed by atoms with van der Waals surface area (Å²) in [6, 6.07) is 2.12. The van der Waals surface area contributed by atoms with Gasteiger partial charge in [-0.05, 0) is 12.8 Å². The largest absolute Gasteiger partial charge is 0.381 e. The van der Waals surface area contributed by atoms with E-state index in [0.717, 1.165) is 37.5 Å². The number of hydrogen-bond acceptors (Lipinski definition) is 3. The van der Waals surface area contributed by atoms with Crippen molar-refractivity contribution in [2.24, 2.45) is 0 Å². The van der Waals surface area contributed by atoms with Gasteiger partial charge in [0.25, 0.3) is 0 Å². The van der Waals surface area contributed by atoms with Crippen LogP contribution in [-0.2, 0) is 15.6 Å². The molecule has 0 aromatic carbocycles. The lowest BCUT2D eigenvalue weighted by Crippen LogP contribution is -2.30. The van der Waals surface area contributed by atoms with E-state index in [2.05, 4.69) is 38.9 Å². The van der Waals surface area contributed by atoms with Gasteiger partial charge in [-0.25, -0.2) is 0 Å². The molecule has 90 valence electrons. The van der Waals surface area contributed by atoms with Crippen molar-refractivity contribution in [1.29, 1.82) is 0 Å². The number of hydrogen-bond donors (Lipinski definition) is 0. The van der Waals surface area contributed by atoms with Crippen LogP contribution in [0.4, 0.5) is 0 Å². The molecule has 0 unspecified atom stereocenters. The summed E-state index contributed by atoms with van der Waals surface area (Å²) in [6.07, 6.45) is 2.04. The second-order valence-electron chi connectivity index (χ2n) is 6.00. The van der Waals surface area contributed by atoms with E-state index in [1.807, 2.05) is 0 Å². The average molecular weight is 223 g/mol. The maximum Gasteiger partial charge on any atom is 0.143 e. The molecule has 0 radical (unpaired) electrons. The van der Waals surface area contributed by atoms with Crippen molar-refractivity contribution in [3.8, 4) is 0 Å². The summed E-state index contributed by atoms with van der Waals surface area (Å²) < 4.78 is 10.9. The smallest absolute Gasteiger partial charge is 0.143 e. The number of ether oxygens (including phenoxy) is 1. The molecule has 0 bridgehead atoms. The normalized spacial score (nSPS) is 21.0. The standard InChI is InChI=1S/C13H21NO2/c1-12(2,3)10-9-11(16-14-10)13(4)5-7-15-8-6-13/h9H,5-8H2,1-4H3. The summed E-state index contributed by atoms with van der Waals surface area (Å²) in [5.41, 5.74) is 1.20. The summed E-state index contributed by atoms with van der Waals surface area (Å²) in [7, 11) is 0. The molecule has 0 N–H and O–H groups in total. The Morgan fingerprint density at radius 3 is 2.38 bits per heavy atom. The Kier molecular flexibility index (Phi) is 2.82. The Balaban J connectivity index is 2.24. The zero-order valence-electron chi connectivity index (χ0n) is 10.7. The second-order valence-corrected chi connectivity index (χ2v) is 6.00. The van der Waals surface area contributed by atoms with E-state index in [-0.39, 0.29) is 10.8 Å². The first-order valence-electron chi connectivity index (χ1n) is 5.97. The summed E-state index contributed by atoms with van der Waals surface area (Å²) in [5, 5.41) is 4.19. The third-order valence-electron chi connectivity index (χ3n) is 3.47. The fraction of sp³-hybridized carbons (Fsp3) is 0.769. The van der Waals surface area contributed by atoms with Crippen molar-refractivity contribution in [1.82, 2.24) is 5.16 Å². The van der Waals surface area contributed by atoms with Crippen molar-refractivity contribution < 1.29 is 9.26 Å². The van der Waals surface area contributed by atoms with E-state index in [9.17, 15) is 0 Å². The molecule has 0 atom stereocenters. The Bertz CT molecular complexity index is 356. The highest BCUT2D eigenvalue weighted by Crippen LogP contribution is 2.36. The predicted molar refractivity (Wildman–Crippen MR) is 62.6 cm³/mol. The van der Waals surface area contributed by atoms with E-state index >= 15 is 0 Å². The van der Waals surface area contributed by atoms with Gasteiger partial charge in [0.2, 0.25) is 0 Å². The first kappa shape index (κ1) is 11.6. The Morgan fingerprint density at radius 1 is 1.25 bits per heavy atom. The van der Waals surface area contributed by atoms with Crippen LogP contribution in [0.3, 0.4) is 0 Å². The Labute approximate surface area is 97.2 Å². The zero-order valence-corrected chi connectivity index (χ0v) is 10.7. The van der Waals surface area contributed by atoms with Crippen LogP contribution in [0.25, 0.3) is 0 Å². The molecule has 3 nitrogen and oxygen atoms in total. The maximum absolute atomic E-state index is 5.53. The van der Waals surface area contributed by atoms with Crippen molar-refractivity contribution in [2.45, 2.75) is 51.4 Å². The van der Waals surface area contributed by atoms with Crippen LogP contribution in [-0.4, -0.2) is 18.4 Å². The van der Waals surface area contributed by atoms with Gasteiger partial charge in [-0.2, -0.15) is 0 Å². The van der Waals surface area contributed by atoms with Crippen molar-refractivity contribution in [2.75, 3.05) is 13.2 Å². The molecule has 1 aliphatic rings. The minimum Gasteiger partial charge on any atom is -0.381 e. The number of aromatic nitrogens is 1. The lowest BCUT2D eigenvalue weighted by molar-refractivity contribution is 0.0467. The van der Waals surface area contributed by atoms with Gasteiger partial charge in [0.1, 0.15) is 5.76 Å². The molecule has 1 aliphatic heterocycles. The van der Waals surface area contributed by atoms with Gasteiger partial charge < -0.3 is 9.26 Å². The molecule has 0 aliphatic carbocycles. The Hall–Kier alpha value is -0.830. The summed E-state index contributed by atoms with van der Waals surface area (Å²) in [6.45, 7) is 10.3. The van der Waals surface area contributed by atoms with Crippen molar-refractivity contribution in [3.05, 3.63) is 17.5 Å². The number of nitrogens with zero attached hydrogens (tertiary/aromatic N) is 1. The van der Waals surface area contributed by atoms with E-state index in [4.69, 9.17) is 9.26 Å². The third-order valence-corrected chi connectivity index (χ3v) is 3.47. The van der Waals surface area contributed by atoms with Gasteiger partial charge in [0, 0.05) is 30.1 Å². The van der Waals surface area contributed by atoms with Crippen LogP contribution in [0.5, 0.6) is 0 Å². The van der Waals surface area contributed by atoms with Crippen LogP contribution < -0.4 is 0 Å². The van der Waals surface area contributed by atoms with E-state index in [1.165, 1.54) is 0 Å². The van der Waals surface area contributed by atoms with Crippen molar-refractivity contribution >= 4 is 0 Å². The minimum atomic E-state index is 0.0588. The van der Waals surface area contributed by atoms with Gasteiger partial charge in [-0.15, -0.1) is 0 Å². The molecule has 0 amide bonds. The molecule has 16 heavy (non-hydrogen) atoms. The van der Waals surface area contributed by atoms with Crippen LogP contribution in [0.15, 0.2) is 10.6 Å². The zero-order chi connectivity index (χ0) is 11.8. The monoisotopic (exact) mass is 223 g/mol. The minimum absolute atomic E-state index is 0.0588. The molecular formula is C13H21NO2. The highest BCUT2D eigenvalue weighted by Gasteiger charge is 2.34. The molecule has 1 aromatic heterocycles. The average Bonchev–Trinajstić information content (AvgIpc) is 2.67. The van der Waals surface area contributed by atoms with Crippen LogP contribution in [0.1, 0.15) is 52.0 Å². The summed E-state index contributed by atoms with van der Waals surface area (Å²) in [5.74, 6) is 1.01. The molecule has 1 saturated heterocycles. The molecule has 3 heteroatoms. The van der Waals surface area contributed by atoms with E-state index < -0.39 is 0 Å². The second kappa shape index (κ2) is 3.88. The molecule has 1 aromatic rings. The van der Waals surface area contributed by atoms with Gasteiger partial charge in [0.05, 0.1) is 5.69 Å². The highest BCUT2D eigenvalue weighted by atomic mass is 16.5. The molecule has 0 saturated carbocycles. The summed E-state index contributed by atoms with van der Waals surface area (Å²) in [4.78, 5) is 0. The van der Waals surface area contributed by atoms with Gasteiger partial charge in [-0.3, -0.25) is 0 Å². The lowest BCUT2D eigenvalue weighted by Gasteiger charge is -2.30. The van der Waals surface area contributed by atoms with Gasteiger partial charge >= 0.3 is 0 Å². The predicted octanol–water partition coefficient (Wildman–Crippen LogP) is 3.04. The quantitative estimate of drug-likeness (QED) is 0.734. The summed E-state index contributed by atoms with van der Waals surface area (Å²) >= 11 is 0. The van der Waals surface area contributed by atoms with Crippen LogP contribution >= 0.6 is 0 Å². The fourth-order valence-electron chi connectivity index (χ4n) is 1.98. The van der Waals surface area contributed by atoms with Gasteiger partial charge in [-0.1, -0.05) is 32.9 Å². The molecule has 1 fully saturated rings. The molecule has 2 heterocycles. The molecule has 0 spiro atoms. The van der Waals surface area contributed by atoms with E-state index in [0.29, 0.717) is 0 Å². The highest BCUT2D eigenvalue weighted by molar-refractivity contribution is 5.20. The maximum atomic E-state index is 5.53. The first-order valence-corrected chi connectivity index (χ1v) is 5.97. The first-order chi connectivity index (χ1) is 7.42. The molecular weight excluding hydrogens is 202 g/mol. The van der Waals surface area contributed by atoms with Crippen molar-refractivity contribution in [3.63, 3.8) is 0 Å². The van der Waals surface area contributed by atoms with Crippen LogP contribution in [0.2, 0.25) is 0 Å². The molecule has 2 rings (SSSR count). The number of rotatable bonds is 1. The Morgan fingerprint density at radius 2 is 1.88 bits per heavy atom. The van der Waals surface area contributed by atoms with Gasteiger partial charge in [0.15, 0.2) is 0 Å². The topological polar surface area (TPSA) is 35.3 Å². The van der Waals surface area contributed by atoms with E-state index in [1.54, 1.807) is 0 Å². The SMILES string of the molecule is CC(C)(C)c1cc(C2(C)CCOCC2)on1. The third kappa shape index (κ3) is 2.14. The lowest BCUT2D eigenvalue weighted by atomic mass is 9.79. The fourth-order valence-corrected chi connectivity index (χ4v) is 1.98.